The lowest BCUT2D eigenvalue weighted by molar-refractivity contribution is 0.242. The summed E-state index contributed by atoms with van der Waals surface area (Å²) in [6.45, 7) is 4.11. The number of rotatable bonds is 5. The molecule has 0 saturated carbocycles. The fourth-order valence-corrected chi connectivity index (χ4v) is 1.84. The van der Waals surface area contributed by atoms with Crippen LogP contribution in [-0.2, 0) is 6.54 Å². The molecule has 2 rings (SSSR count). The van der Waals surface area contributed by atoms with E-state index < -0.39 is 17.5 Å². The van der Waals surface area contributed by atoms with E-state index >= 15 is 0 Å². The highest BCUT2D eigenvalue weighted by molar-refractivity contribution is 5.46. The van der Waals surface area contributed by atoms with E-state index in [9.17, 15) is 13.2 Å². The molecule has 0 bridgehead atoms. The lowest BCUT2D eigenvalue weighted by atomic mass is 10.2. The maximum absolute atomic E-state index is 13.5. The van der Waals surface area contributed by atoms with Gasteiger partial charge in [0, 0.05) is 18.7 Å². The second kappa shape index (κ2) is 6.52. The number of hydrogen-bond acceptors (Lipinski definition) is 2. The Balaban J connectivity index is 2.03. The lowest BCUT2D eigenvalue weighted by Gasteiger charge is -2.11. The molecule has 0 aliphatic carbocycles. The van der Waals surface area contributed by atoms with Crippen LogP contribution in [0.4, 0.5) is 18.9 Å². The summed E-state index contributed by atoms with van der Waals surface area (Å²) < 4.78 is 45.1. The van der Waals surface area contributed by atoms with Gasteiger partial charge in [-0.2, -0.15) is 0 Å². The van der Waals surface area contributed by atoms with Crippen molar-refractivity contribution in [3.8, 4) is 5.75 Å². The third-order valence-electron chi connectivity index (χ3n) is 2.77. The van der Waals surface area contributed by atoms with Gasteiger partial charge in [-0.1, -0.05) is 12.1 Å². The predicted molar refractivity (Wildman–Crippen MR) is 75.8 cm³/mol. The zero-order chi connectivity index (χ0) is 15.4. The van der Waals surface area contributed by atoms with E-state index in [4.69, 9.17) is 4.74 Å². The highest BCUT2D eigenvalue weighted by Crippen LogP contribution is 2.20. The molecule has 0 aliphatic rings. The molecule has 0 aromatic heterocycles. The largest absolute Gasteiger partial charge is 0.491 e. The second-order valence-electron chi connectivity index (χ2n) is 4.91. The minimum atomic E-state index is -1.21. The molecule has 2 aromatic carbocycles. The molecule has 112 valence electrons. The smallest absolute Gasteiger partial charge is 0.182 e. The van der Waals surface area contributed by atoms with Crippen LogP contribution in [-0.4, -0.2) is 6.10 Å². The highest BCUT2D eigenvalue weighted by Gasteiger charge is 2.10. The van der Waals surface area contributed by atoms with Crippen LogP contribution in [0.5, 0.6) is 5.75 Å². The Kier molecular flexibility index (Phi) is 4.73. The zero-order valence-corrected chi connectivity index (χ0v) is 11.8. The third kappa shape index (κ3) is 4.15. The van der Waals surface area contributed by atoms with Crippen molar-refractivity contribution in [3.63, 3.8) is 0 Å². The van der Waals surface area contributed by atoms with Crippen molar-refractivity contribution in [2.75, 3.05) is 5.32 Å². The molecule has 0 aliphatic heterocycles. The first-order valence-corrected chi connectivity index (χ1v) is 6.59. The van der Waals surface area contributed by atoms with Gasteiger partial charge < -0.3 is 10.1 Å². The summed E-state index contributed by atoms with van der Waals surface area (Å²) in [5.41, 5.74) is 0.644. The minimum absolute atomic E-state index is 0.0818. The van der Waals surface area contributed by atoms with Crippen LogP contribution in [0.1, 0.15) is 19.4 Å². The van der Waals surface area contributed by atoms with Crippen LogP contribution < -0.4 is 10.1 Å². The van der Waals surface area contributed by atoms with Gasteiger partial charge >= 0.3 is 0 Å². The second-order valence-corrected chi connectivity index (χ2v) is 4.91. The summed E-state index contributed by atoms with van der Waals surface area (Å²) in [5, 5.41) is 2.68. The number of hydrogen-bond donors (Lipinski definition) is 1. The Hall–Kier alpha value is -2.17. The molecule has 2 aromatic rings. The first-order chi connectivity index (χ1) is 9.95. The van der Waals surface area contributed by atoms with E-state index in [0.717, 1.165) is 17.4 Å². The van der Waals surface area contributed by atoms with Crippen molar-refractivity contribution in [2.45, 2.75) is 26.5 Å². The quantitative estimate of drug-likeness (QED) is 0.820. The normalized spacial score (nSPS) is 10.8. The van der Waals surface area contributed by atoms with Crippen LogP contribution in [0.3, 0.4) is 0 Å². The minimum Gasteiger partial charge on any atom is -0.491 e. The Morgan fingerprint density at radius 3 is 2.33 bits per heavy atom. The monoisotopic (exact) mass is 295 g/mol. The van der Waals surface area contributed by atoms with E-state index in [0.29, 0.717) is 6.07 Å². The van der Waals surface area contributed by atoms with Crippen molar-refractivity contribution in [2.24, 2.45) is 0 Å². The van der Waals surface area contributed by atoms with Crippen molar-refractivity contribution in [1.82, 2.24) is 0 Å². The van der Waals surface area contributed by atoms with Gasteiger partial charge in [0.1, 0.15) is 11.6 Å². The Bertz CT molecular complexity index is 612. The molecule has 0 amide bonds. The maximum Gasteiger partial charge on any atom is 0.182 e. The van der Waals surface area contributed by atoms with Crippen LogP contribution in [0.2, 0.25) is 0 Å². The summed E-state index contributed by atoms with van der Waals surface area (Å²) in [6.07, 6.45) is 0.0818. The standard InChI is InChI=1S/C16H16F3NO/c1-10(2)21-13-5-3-11(4-6-13)9-20-15-8-12(17)7-14(18)16(15)19/h3-8,10,20H,9H2,1-2H3. The van der Waals surface area contributed by atoms with E-state index in [1.165, 1.54) is 0 Å². The van der Waals surface area contributed by atoms with Crippen LogP contribution >= 0.6 is 0 Å². The molecule has 1 N–H and O–H groups in total. The number of halogens is 3. The number of benzene rings is 2. The zero-order valence-electron chi connectivity index (χ0n) is 11.8. The van der Waals surface area contributed by atoms with E-state index in [1.54, 1.807) is 24.3 Å². The average Bonchev–Trinajstić information content (AvgIpc) is 2.42. The fraction of sp³-hybridized carbons (Fsp3) is 0.250. The summed E-state index contributed by atoms with van der Waals surface area (Å²) in [7, 11) is 0. The van der Waals surface area contributed by atoms with Crippen LogP contribution in [0, 0.1) is 17.5 Å². The average molecular weight is 295 g/mol. The number of ether oxygens (including phenoxy) is 1. The number of nitrogens with one attached hydrogen (secondary N) is 1. The Morgan fingerprint density at radius 2 is 1.71 bits per heavy atom. The van der Waals surface area contributed by atoms with Gasteiger partial charge in [-0.3, -0.25) is 0 Å². The first kappa shape index (κ1) is 15.2. The van der Waals surface area contributed by atoms with Gasteiger partial charge in [0.05, 0.1) is 11.8 Å². The molecule has 0 unspecified atom stereocenters. The molecule has 0 heterocycles. The molecule has 0 radical (unpaired) electrons. The maximum atomic E-state index is 13.5. The molecule has 21 heavy (non-hydrogen) atoms. The topological polar surface area (TPSA) is 21.3 Å². The molecule has 0 saturated heterocycles. The fourth-order valence-electron chi connectivity index (χ4n) is 1.84. The molecule has 0 fully saturated rings. The molecular formula is C16H16F3NO. The van der Waals surface area contributed by atoms with Gasteiger partial charge in [0.15, 0.2) is 11.6 Å². The van der Waals surface area contributed by atoms with Crippen molar-refractivity contribution in [1.29, 1.82) is 0 Å². The van der Waals surface area contributed by atoms with E-state index in [1.807, 2.05) is 13.8 Å². The van der Waals surface area contributed by atoms with Crippen LogP contribution in [0.15, 0.2) is 36.4 Å². The van der Waals surface area contributed by atoms with Crippen molar-refractivity contribution in [3.05, 3.63) is 59.4 Å². The molecule has 5 heteroatoms. The molecule has 2 nitrogen and oxygen atoms in total. The Morgan fingerprint density at radius 1 is 1.05 bits per heavy atom. The molecular weight excluding hydrogens is 279 g/mol. The number of anilines is 1. The van der Waals surface area contributed by atoms with Gasteiger partial charge in [-0.25, -0.2) is 13.2 Å². The third-order valence-corrected chi connectivity index (χ3v) is 2.77. The molecule has 0 spiro atoms. The summed E-state index contributed by atoms with van der Waals surface area (Å²) in [5.74, 6) is -2.39. The summed E-state index contributed by atoms with van der Waals surface area (Å²) >= 11 is 0. The van der Waals surface area contributed by atoms with Crippen molar-refractivity contribution < 1.29 is 17.9 Å². The predicted octanol–water partition coefficient (Wildman–Crippen LogP) is 4.50. The summed E-state index contributed by atoms with van der Waals surface area (Å²) in [4.78, 5) is 0. The van der Waals surface area contributed by atoms with E-state index in [-0.39, 0.29) is 18.3 Å². The Labute approximate surface area is 121 Å². The lowest BCUT2D eigenvalue weighted by Crippen LogP contribution is -2.06. The van der Waals surface area contributed by atoms with Crippen molar-refractivity contribution >= 4 is 5.69 Å². The first-order valence-electron chi connectivity index (χ1n) is 6.59. The van der Waals surface area contributed by atoms with Crippen LogP contribution in [0.25, 0.3) is 0 Å². The molecule has 0 atom stereocenters. The van der Waals surface area contributed by atoms with Gasteiger partial charge in [0.2, 0.25) is 0 Å². The van der Waals surface area contributed by atoms with Gasteiger partial charge in [-0.15, -0.1) is 0 Å². The van der Waals surface area contributed by atoms with Gasteiger partial charge in [0.25, 0.3) is 0 Å². The SMILES string of the molecule is CC(C)Oc1ccc(CNc2cc(F)cc(F)c2F)cc1. The highest BCUT2D eigenvalue weighted by atomic mass is 19.2. The van der Waals surface area contributed by atoms with E-state index in [2.05, 4.69) is 5.32 Å². The van der Waals surface area contributed by atoms with Gasteiger partial charge in [-0.05, 0) is 31.5 Å². The summed E-state index contributed by atoms with van der Waals surface area (Å²) in [6, 6.07) is 8.63.